The molecule has 0 aliphatic carbocycles. The van der Waals surface area contributed by atoms with E-state index in [1.165, 1.54) is 6.07 Å². The molecule has 1 fully saturated rings. The van der Waals surface area contributed by atoms with Crippen LogP contribution in [0.5, 0.6) is 0 Å². The van der Waals surface area contributed by atoms with E-state index >= 15 is 0 Å². The monoisotopic (exact) mass is 255 g/mol. The molecule has 2 rings (SSSR count). The lowest BCUT2D eigenvalue weighted by Gasteiger charge is -2.21. The molecule has 6 heteroatoms. The average Bonchev–Trinajstić information content (AvgIpc) is 2.37. The van der Waals surface area contributed by atoms with Gasteiger partial charge in [0.15, 0.2) is 0 Å². The molecule has 1 atom stereocenters. The van der Waals surface area contributed by atoms with Crippen LogP contribution >= 0.6 is 11.8 Å². The smallest absolute Gasteiger partial charge is 0.251 e. The van der Waals surface area contributed by atoms with Crippen LogP contribution < -0.4 is 10.9 Å². The number of ether oxygens (including phenoxy) is 1. The third kappa shape index (κ3) is 3.55. The van der Waals surface area contributed by atoms with E-state index < -0.39 is 0 Å². The maximum absolute atomic E-state index is 11.5. The van der Waals surface area contributed by atoms with Crippen molar-refractivity contribution in [2.45, 2.75) is 19.6 Å². The number of rotatable bonds is 4. The van der Waals surface area contributed by atoms with Gasteiger partial charge in [-0.3, -0.25) is 4.79 Å². The van der Waals surface area contributed by atoms with Crippen molar-refractivity contribution in [3.8, 4) is 0 Å². The molecule has 1 aliphatic heterocycles. The normalized spacial score (nSPS) is 20.4. The standard InChI is InChI=1S/C11H17N3O2S/c1-2-12-6-8-5-10(15)14-11(13-8)9-7-17-4-3-16-9/h5,9,12H,2-4,6-7H2,1H3,(H,13,14,15). The summed E-state index contributed by atoms with van der Waals surface area (Å²) < 4.78 is 5.60. The highest BCUT2D eigenvalue weighted by Gasteiger charge is 2.19. The summed E-state index contributed by atoms with van der Waals surface area (Å²) in [6, 6.07) is 1.53. The van der Waals surface area contributed by atoms with E-state index in [1.54, 1.807) is 0 Å². The summed E-state index contributed by atoms with van der Waals surface area (Å²) in [5, 5.41) is 3.16. The number of hydrogen-bond donors (Lipinski definition) is 2. The summed E-state index contributed by atoms with van der Waals surface area (Å²) in [7, 11) is 0. The van der Waals surface area contributed by atoms with Crippen molar-refractivity contribution in [3.63, 3.8) is 0 Å². The summed E-state index contributed by atoms with van der Waals surface area (Å²) in [5.41, 5.74) is 0.659. The molecular formula is C11H17N3O2S. The van der Waals surface area contributed by atoms with Crippen LogP contribution in [-0.2, 0) is 11.3 Å². The van der Waals surface area contributed by atoms with E-state index in [0.29, 0.717) is 12.4 Å². The van der Waals surface area contributed by atoms with E-state index in [0.717, 1.165) is 30.4 Å². The lowest BCUT2D eigenvalue weighted by atomic mass is 10.3. The quantitative estimate of drug-likeness (QED) is 0.828. The minimum Gasteiger partial charge on any atom is -0.369 e. The molecule has 2 heterocycles. The van der Waals surface area contributed by atoms with Crippen LogP contribution in [0.25, 0.3) is 0 Å². The van der Waals surface area contributed by atoms with E-state index in [4.69, 9.17) is 4.74 Å². The molecule has 17 heavy (non-hydrogen) atoms. The first-order chi connectivity index (χ1) is 8.29. The largest absolute Gasteiger partial charge is 0.369 e. The number of nitrogens with zero attached hydrogens (tertiary/aromatic N) is 1. The SMILES string of the molecule is CCNCc1cc(=O)[nH]c(C2CSCCO2)n1. The van der Waals surface area contributed by atoms with E-state index in [1.807, 2.05) is 18.7 Å². The van der Waals surface area contributed by atoms with Gasteiger partial charge >= 0.3 is 0 Å². The number of nitrogens with one attached hydrogen (secondary N) is 2. The van der Waals surface area contributed by atoms with Crippen LogP contribution in [-0.4, -0.2) is 34.6 Å². The fourth-order valence-electron chi connectivity index (χ4n) is 1.67. The van der Waals surface area contributed by atoms with Gasteiger partial charge in [-0.1, -0.05) is 6.92 Å². The molecule has 0 saturated carbocycles. The van der Waals surface area contributed by atoms with Crippen LogP contribution in [0, 0.1) is 0 Å². The average molecular weight is 255 g/mol. The Kier molecular flexibility index (Phi) is 4.58. The highest BCUT2D eigenvalue weighted by atomic mass is 32.2. The van der Waals surface area contributed by atoms with E-state index in [2.05, 4.69) is 15.3 Å². The zero-order chi connectivity index (χ0) is 12.1. The molecule has 2 N–H and O–H groups in total. The predicted octanol–water partition coefficient (Wildman–Crippen LogP) is 0.684. The maximum Gasteiger partial charge on any atom is 0.251 e. The van der Waals surface area contributed by atoms with Crippen LogP contribution in [0.15, 0.2) is 10.9 Å². The summed E-state index contributed by atoms with van der Waals surface area (Å²) in [4.78, 5) is 18.7. The maximum atomic E-state index is 11.5. The van der Waals surface area contributed by atoms with Gasteiger partial charge in [-0.05, 0) is 6.54 Å². The van der Waals surface area contributed by atoms with Gasteiger partial charge in [0.25, 0.3) is 5.56 Å². The van der Waals surface area contributed by atoms with Crippen LogP contribution in [0.1, 0.15) is 24.5 Å². The minimum absolute atomic E-state index is 0.0805. The molecule has 0 spiro atoms. The molecule has 1 aliphatic rings. The Bertz CT molecular complexity index is 415. The fraction of sp³-hybridized carbons (Fsp3) is 0.636. The van der Waals surface area contributed by atoms with Gasteiger partial charge in [0.1, 0.15) is 11.9 Å². The summed E-state index contributed by atoms with van der Waals surface area (Å²) >= 11 is 1.82. The predicted molar refractivity (Wildman–Crippen MR) is 68.3 cm³/mol. The Morgan fingerprint density at radius 3 is 3.29 bits per heavy atom. The minimum atomic E-state index is -0.109. The fourth-order valence-corrected chi connectivity index (χ4v) is 2.52. The first-order valence-corrected chi connectivity index (χ1v) is 6.95. The molecule has 1 saturated heterocycles. The van der Waals surface area contributed by atoms with Crippen LogP contribution in [0.3, 0.4) is 0 Å². The Balaban J connectivity index is 2.15. The van der Waals surface area contributed by atoms with Gasteiger partial charge < -0.3 is 15.0 Å². The van der Waals surface area contributed by atoms with Gasteiger partial charge in [0.2, 0.25) is 0 Å². The second-order valence-corrected chi connectivity index (χ2v) is 4.99. The number of aromatic amines is 1. The van der Waals surface area contributed by atoms with Crippen molar-refractivity contribution in [3.05, 3.63) is 27.9 Å². The van der Waals surface area contributed by atoms with Crippen LogP contribution in [0.2, 0.25) is 0 Å². The molecule has 1 unspecified atom stereocenters. The molecule has 0 amide bonds. The molecule has 5 nitrogen and oxygen atoms in total. The van der Waals surface area contributed by atoms with Crippen molar-refractivity contribution in [2.24, 2.45) is 0 Å². The molecular weight excluding hydrogens is 238 g/mol. The topological polar surface area (TPSA) is 67.0 Å². The van der Waals surface area contributed by atoms with Crippen molar-refractivity contribution in [1.29, 1.82) is 0 Å². The summed E-state index contributed by atoms with van der Waals surface area (Å²) in [5.74, 6) is 2.52. The number of thioether (sulfide) groups is 1. The first-order valence-electron chi connectivity index (χ1n) is 5.80. The lowest BCUT2D eigenvalue weighted by Crippen LogP contribution is -2.24. The van der Waals surface area contributed by atoms with Crippen molar-refractivity contribution in [2.75, 3.05) is 24.7 Å². The molecule has 0 bridgehead atoms. The zero-order valence-electron chi connectivity index (χ0n) is 9.86. The number of aromatic nitrogens is 2. The Labute approximate surface area is 104 Å². The highest BCUT2D eigenvalue weighted by molar-refractivity contribution is 7.99. The Morgan fingerprint density at radius 1 is 1.71 bits per heavy atom. The lowest BCUT2D eigenvalue weighted by molar-refractivity contribution is 0.0690. The first kappa shape index (κ1) is 12.6. The van der Waals surface area contributed by atoms with Crippen molar-refractivity contribution in [1.82, 2.24) is 15.3 Å². The highest BCUT2D eigenvalue weighted by Crippen LogP contribution is 2.23. The Hall–Kier alpha value is -0.850. The molecule has 0 radical (unpaired) electrons. The van der Waals surface area contributed by atoms with Gasteiger partial charge in [-0.2, -0.15) is 11.8 Å². The Morgan fingerprint density at radius 2 is 2.59 bits per heavy atom. The van der Waals surface area contributed by atoms with Gasteiger partial charge in [-0.15, -0.1) is 0 Å². The third-order valence-corrected chi connectivity index (χ3v) is 3.48. The molecule has 1 aromatic heterocycles. The molecule has 1 aromatic rings. The van der Waals surface area contributed by atoms with E-state index in [-0.39, 0.29) is 11.7 Å². The summed E-state index contributed by atoms with van der Waals surface area (Å²) in [6.45, 7) is 4.22. The van der Waals surface area contributed by atoms with E-state index in [9.17, 15) is 4.79 Å². The molecule has 0 aromatic carbocycles. The zero-order valence-corrected chi connectivity index (χ0v) is 10.7. The van der Waals surface area contributed by atoms with Gasteiger partial charge in [0.05, 0.1) is 12.3 Å². The van der Waals surface area contributed by atoms with Crippen molar-refractivity contribution >= 4 is 11.8 Å². The van der Waals surface area contributed by atoms with Crippen molar-refractivity contribution < 1.29 is 4.74 Å². The summed E-state index contributed by atoms with van der Waals surface area (Å²) in [6.07, 6.45) is -0.0805. The molecule has 94 valence electrons. The third-order valence-electron chi connectivity index (χ3n) is 2.49. The second kappa shape index (κ2) is 6.18. The van der Waals surface area contributed by atoms with Gasteiger partial charge in [-0.25, -0.2) is 4.98 Å². The van der Waals surface area contributed by atoms with Crippen LogP contribution in [0.4, 0.5) is 0 Å². The second-order valence-electron chi connectivity index (χ2n) is 3.84. The number of hydrogen-bond acceptors (Lipinski definition) is 5. The number of H-pyrrole nitrogens is 1. The van der Waals surface area contributed by atoms with Gasteiger partial charge in [0, 0.05) is 24.1 Å².